The van der Waals surface area contributed by atoms with Gasteiger partial charge in [-0.05, 0) is 19.1 Å². The zero-order valence-electron chi connectivity index (χ0n) is 8.68. The summed E-state index contributed by atoms with van der Waals surface area (Å²) < 4.78 is 48.0. The Balaban J connectivity index is 2.84. The fraction of sp³-hybridized carbons (Fsp3) is 0.300. The highest BCUT2D eigenvalue weighted by Gasteiger charge is 2.23. The highest BCUT2D eigenvalue weighted by Crippen LogP contribution is 2.26. The van der Waals surface area contributed by atoms with E-state index < -0.39 is 29.7 Å². The van der Waals surface area contributed by atoms with Crippen molar-refractivity contribution in [2.45, 2.75) is 13.3 Å². The first-order chi connectivity index (χ1) is 7.95. The van der Waals surface area contributed by atoms with Crippen LogP contribution in [0.15, 0.2) is 16.6 Å². The third kappa shape index (κ3) is 3.62. The molecule has 0 aliphatic rings. The number of benzene rings is 1. The monoisotopic (exact) mass is 312 g/mol. The number of hydrogen-bond acceptors (Lipinski definition) is 3. The van der Waals surface area contributed by atoms with Crippen LogP contribution >= 0.6 is 15.9 Å². The van der Waals surface area contributed by atoms with Gasteiger partial charge in [0.05, 0.1) is 6.61 Å². The normalized spacial score (nSPS) is 12.1. The lowest BCUT2D eigenvalue weighted by molar-refractivity contribution is -0.160. The number of esters is 1. The van der Waals surface area contributed by atoms with Gasteiger partial charge in [-0.25, -0.2) is 9.18 Å². The SMILES string of the molecule is CCOC(=O)C(F)Oc1cc(Br)cc(F)c1F. The van der Waals surface area contributed by atoms with Gasteiger partial charge in [-0.1, -0.05) is 15.9 Å². The number of ether oxygens (including phenoxy) is 2. The fourth-order valence-electron chi connectivity index (χ4n) is 0.985. The van der Waals surface area contributed by atoms with Crippen molar-refractivity contribution >= 4 is 21.9 Å². The minimum absolute atomic E-state index is 0.0437. The molecule has 0 heterocycles. The Bertz CT molecular complexity index is 426. The molecule has 7 heteroatoms. The Labute approximate surface area is 104 Å². The average molecular weight is 313 g/mol. The first-order valence-corrected chi connectivity index (χ1v) is 5.37. The van der Waals surface area contributed by atoms with Gasteiger partial charge in [0.25, 0.3) is 0 Å². The standard InChI is InChI=1S/C10H8BrF3O3/c1-2-16-10(15)9(14)17-7-4-5(11)3-6(12)8(7)13/h3-4,9H,2H2,1H3. The van der Waals surface area contributed by atoms with Crippen molar-refractivity contribution in [1.82, 2.24) is 0 Å². The van der Waals surface area contributed by atoms with Crippen molar-refractivity contribution in [2.24, 2.45) is 0 Å². The molecule has 0 radical (unpaired) electrons. The van der Waals surface area contributed by atoms with Gasteiger partial charge in [-0.3, -0.25) is 0 Å². The van der Waals surface area contributed by atoms with Crippen molar-refractivity contribution in [3.63, 3.8) is 0 Å². The summed E-state index contributed by atoms with van der Waals surface area (Å²) in [5, 5.41) is 0. The van der Waals surface area contributed by atoms with Gasteiger partial charge in [-0.15, -0.1) is 0 Å². The van der Waals surface area contributed by atoms with E-state index in [1.807, 2.05) is 0 Å². The van der Waals surface area contributed by atoms with E-state index in [0.717, 1.165) is 12.1 Å². The van der Waals surface area contributed by atoms with Crippen LogP contribution in [0.1, 0.15) is 6.92 Å². The smallest absolute Gasteiger partial charge is 0.381 e. The van der Waals surface area contributed by atoms with E-state index in [1.165, 1.54) is 6.92 Å². The summed E-state index contributed by atoms with van der Waals surface area (Å²) in [6, 6.07) is 1.85. The minimum atomic E-state index is -2.50. The van der Waals surface area contributed by atoms with Gasteiger partial charge in [0, 0.05) is 4.47 Å². The Morgan fingerprint density at radius 3 is 2.71 bits per heavy atom. The molecule has 0 N–H and O–H groups in total. The largest absolute Gasteiger partial charge is 0.461 e. The lowest BCUT2D eigenvalue weighted by atomic mass is 10.3. The van der Waals surface area contributed by atoms with Gasteiger partial charge in [0.2, 0.25) is 5.82 Å². The van der Waals surface area contributed by atoms with Crippen molar-refractivity contribution in [2.75, 3.05) is 6.61 Å². The van der Waals surface area contributed by atoms with E-state index in [1.54, 1.807) is 0 Å². The van der Waals surface area contributed by atoms with Crippen LogP contribution in [0.5, 0.6) is 5.75 Å². The molecule has 1 aromatic carbocycles. The highest BCUT2D eigenvalue weighted by molar-refractivity contribution is 9.10. The van der Waals surface area contributed by atoms with E-state index in [4.69, 9.17) is 0 Å². The lowest BCUT2D eigenvalue weighted by Crippen LogP contribution is -2.25. The summed E-state index contributed by atoms with van der Waals surface area (Å²) in [7, 11) is 0. The van der Waals surface area contributed by atoms with Crippen molar-refractivity contribution in [1.29, 1.82) is 0 Å². The molecule has 0 aromatic heterocycles. The van der Waals surface area contributed by atoms with Crippen LogP contribution in [0, 0.1) is 11.6 Å². The maximum absolute atomic E-state index is 13.2. The third-order valence-corrected chi connectivity index (χ3v) is 2.12. The van der Waals surface area contributed by atoms with E-state index >= 15 is 0 Å². The Morgan fingerprint density at radius 2 is 2.12 bits per heavy atom. The Kier molecular flexibility index (Phi) is 4.80. The molecule has 0 aliphatic heterocycles. The number of carbonyl (C=O) groups is 1. The van der Waals surface area contributed by atoms with E-state index in [9.17, 15) is 18.0 Å². The Morgan fingerprint density at radius 1 is 1.47 bits per heavy atom. The zero-order chi connectivity index (χ0) is 13.0. The van der Waals surface area contributed by atoms with Crippen molar-refractivity contribution in [3.8, 4) is 5.75 Å². The molecule has 17 heavy (non-hydrogen) atoms. The predicted octanol–water partition coefficient (Wildman–Crippen LogP) is 2.96. The second-order valence-electron chi connectivity index (χ2n) is 2.89. The lowest BCUT2D eigenvalue weighted by Gasteiger charge is -2.11. The van der Waals surface area contributed by atoms with Gasteiger partial charge >= 0.3 is 12.3 Å². The molecule has 94 valence electrons. The van der Waals surface area contributed by atoms with Crippen LogP contribution in [-0.2, 0) is 9.53 Å². The maximum atomic E-state index is 13.2. The summed E-state index contributed by atoms with van der Waals surface area (Å²) >= 11 is 2.88. The molecular formula is C10H8BrF3O3. The van der Waals surface area contributed by atoms with E-state index in [-0.39, 0.29) is 11.1 Å². The van der Waals surface area contributed by atoms with Gasteiger partial charge in [0.15, 0.2) is 11.6 Å². The molecule has 0 fully saturated rings. The quantitative estimate of drug-likeness (QED) is 0.633. The van der Waals surface area contributed by atoms with Crippen LogP contribution in [-0.4, -0.2) is 18.9 Å². The molecule has 1 rings (SSSR count). The molecule has 0 bridgehead atoms. The van der Waals surface area contributed by atoms with Crippen molar-refractivity contribution in [3.05, 3.63) is 28.2 Å². The zero-order valence-corrected chi connectivity index (χ0v) is 10.3. The minimum Gasteiger partial charge on any atom is -0.461 e. The van der Waals surface area contributed by atoms with Crippen LogP contribution in [0.4, 0.5) is 13.2 Å². The van der Waals surface area contributed by atoms with Crippen molar-refractivity contribution < 1.29 is 27.4 Å². The molecule has 0 saturated carbocycles. The number of alkyl halides is 1. The molecule has 1 unspecified atom stereocenters. The first kappa shape index (κ1) is 13.8. The average Bonchev–Trinajstić information content (AvgIpc) is 2.25. The highest BCUT2D eigenvalue weighted by atomic mass is 79.9. The molecule has 0 saturated heterocycles. The van der Waals surface area contributed by atoms with Crippen LogP contribution in [0.2, 0.25) is 0 Å². The predicted molar refractivity (Wildman–Crippen MR) is 56.2 cm³/mol. The fourth-order valence-corrected chi connectivity index (χ4v) is 1.39. The second-order valence-corrected chi connectivity index (χ2v) is 3.80. The summed E-state index contributed by atoms with van der Waals surface area (Å²) in [6.45, 7) is 1.43. The maximum Gasteiger partial charge on any atom is 0.381 e. The molecule has 1 aromatic rings. The second kappa shape index (κ2) is 5.90. The number of halogens is 4. The molecule has 0 spiro atoms. The molecule has 0 aliphatic carbocycles. The summed E-state index contributed by atoms with van der Waals surface area (Å²) in [5.41, 5.74) is 0. The summed E-state index contributed by atoms with van der Waals surface area (Å²) in [5.74, 6) is -4.60. The molecule has 3 nitrogen and oxygen atoms in total. The first-order valence-electron chi connectivity index (χ1n) is 4.57. The Hall–Kier alpha value is -1.24. The van der Waals surface area contributed by atoms with Gasteiger partial charge in [-0.2, -0.15) is 8.78 Å². The number of hydrogen-bond donors (Lipinski definition) is 0. The number of carbonyl (C=O) groups excluding carboxylic acids is 1. The van der Waals surface area contributed by atoms with Gasteiger partial charge in [0.1, 0.15) is 0 Å². The summed E-state index contributed by atoms with van der Waals surface area (Å²) in [4.78, 5) is 10.9. The molecular weight excluding hydrogens is 305 g/mol. The molecule has 0 amide bonds. The van der Waals surface area contributed by atoms with Gasteiger partial charge < -0.3 is 9.47 Å². The topological polar surface area (TPSA) is 35.5 Å². The number of rotatable bonds is 4. The van der Waals surface area contributed by atoms with E-state index in [0.29, 0.717) is 0 Å². The summed E-state index contributed by atoms with van der Waals surface area (Å²) in [6.07, 6.45) is -2.50. The van der Waals surface area contributed by atoms with Crippen LogP contribution < -0.4 is 4.74 Å². The van der Waals surface area contributed by atoms with Crippen LogP contribution in [0.25, 0.3) is 0 Å². The van der Waals surface area contributed by atoms with E-state index in [2.05, 4.69) is 25.4 Å². The van der Waals surface area contributed by atoms with Crippen LogP contribution in [0.3, 0.4) is 0 Å². The third-order valence-electron chi connectivity index (χ3n) is 1.66. The molecule has 1 atom stereocenters.